The Labute approximate surface area is 199 Å². The van der Waals surface area contributed by atoms with Crippen molar-refractivity contribution in [2.75, 3.05) is 5.32 Å². The minimum atomic E-state index is -0.411. The van der Waals surface area contributed by atoms with Crippen molar-refractivity contribution in [3.05, 3.63) is 112 Å². The second-order valence-electron chi connectivity index (χ2n) is 7.81. The van der Waals surface area contributed by atoms with Crippen LogP contribution >= 0.6 is 11.3 Å². The van der Waals surface area contributed by atoms with Crippen LogP contribution in [-0.2, 0) is 13.0 Å². The van der Waals surface area contributed by atoms with Crippen molar-refractivity contribution in [1.82, 2.24) is 4.98 Å². The number of para-hydroxylation sites is 2. The van der Waals surface area contributed by atoms with Gasteiger partial charge in [0.15, 0.2) is 10.9 Å². The Balaban J connectivity index is 1.37. The van der Waals surface area contributed by atoms with Crippen LogP contribution in [-0.4, -0.2) is 10.9 Å². The van der Waals surface area contributed by atoms with Crippen molar-refractivity contribution in [2.45, 2.75) is 20.0 Å². The van der Waals surface area contributed by atoms with E-state index < -0.39 is 5.91 Å². The maximum absolute atomic E-state index is 14.0. The maximum Gasteiger partial charge on any atom is 0.293 e. The average Bonchev–Trinajstić information content (AvgIpc) is 3.44. The van der Waals surface area contributed by atoms with E-state index in [1.54, 1.807) is 24.4 Å². The number of furan rings is 1. The zero-order valence-corrected chi connectivity index (χ0v) is 19.2. The molecule has 5 rings (SSSR count). The largest absolute Gasteiger partial charge is 0.488 e. The number of benzene rings is 3. The number of ether oxygens (including phenoxy) is 1. The number of aromatic nitrogens is 1. The van der Waals surface area contributed by atoms with Gasteiger partial charge in [-0.2, -0.15) is 0 Å². The number of carbonyl (C=O) groups is 1. The number of hydrogen-bond donors (Lipinski definition) is 1. The lowest BCUT2D eigenvalue weighted by Gasteiger charge is -2.09. The van der Waals surface area contributed by atoms with E-state index >= 15 is 0 Å². The van der Waals surface area contributed by atoms with Crippen LogP contribution < -0.4 is 10.1 Å². The molecule has 0 spiro atoms. The molecule has 0 unspecified atom stereocenters. The predicted octanol–water partition coefficient (Wildman–Crippen LogP) is 6.76. The molecule has 5 nitrogen and oxygen atoms in total. The van der Waals surface area contributed by atoms with Crippen LogP contribution in [0.1, 0.15) is 32.1 Å². The molecule has 0 bridgehead atoms. The number of rotatable bonds is 7. The van der Waals surface area contributed by atoms with Crippen LogP contribution in [0.4, 0.5) is 9.52 Å². The predicted molar refractivity (Wildman–Crippen MR) is 131 cm³/mol. The lowest BCUT2D eigenvalue weighted by molar-refractivity contribution is 0.0995. The Kier molecular flexibility index (Phi) is 6.10. The molecule has 7 heteroatoms. The summed E-state index contributed by atoms with van der Waals surface area (Å²) in [6, 6.07) is 21.8. The third-order valence-corrected chi connectivity index (χ3v) is 6.38. The highest BCUT2D eigenvalue weighted by atomic mass is 32.1. The number of anilines is 1. The van der Waals surface area contributed by atoms with E-state index in [0.29, 0.717) is 28.3 Å². The average molecular weight is 473 g/mol. The van der Waals surface area contributed by atoms with Crippen molar-refractivity contribution in [3.63, 3.8) is 0 Å². The maximum atomic E-state index is 14.0. The molecular formula is C27H21FN2O3S. The fourth-order valence-electron chi connectivity index (χ4n) is 3.72. The summed E-state index contributed by atoms with van der Waals surface area (Å²) in [5, 5.41) is 4.05. The first-order valence-electron chi connectivity index (χ1n) is 10.8. The zero-order valence-electron chi connectivity index (χ0n) is 18.4. The van der Waals surface area contributed by atoms with Gasteiger partial charge in [0.25, 0.3) is 5.91 Å². The molecule has 0 aliphatic carbocycles. The second-order valence-corrected chi connectivity index (χ2v) is 8.93. The molecule has 0 saturated carbocycles. The first-order valence-corrected chi connectivity index (χ1v) is 11.6. The van der Waals surface area contributed by atoms with E-state index in [0.717, 1.165) is 21.6 Å². The van der Waals surface area contributed by atoms with E-state index in [1.807, 2.05) is 55.5 Å². The van der Waals surface area contributed by atoms with Crippen LogP contribution in [0, 0.1) is 12.7 Å². The normalized spacial score (nSPS) is 11.0. The van der Waals surface area contributed by atoms with Crippen LogP contribution in [0.25, 0.3) is 11.0 Å². The lowest BCUT2D eigenvalue weighted by Crippen LogP contribution is -2.13. The van der Waals surface area contributed by atoms with Crippen LogP contribution in [0.2, 0.25) is 0 Å². The fourth-order valence-corrected chi connectivity index (χ4v) is 4.55. The molecule has 34 heavy (non-hydrogen) atoms. The molecule has 1 N–H and O–H groups in total. The third kappa shape index (κ3) is 4.56. The topological polar surface area (TPSA) is 64.4 Å². The smallest absolute Gasteiger partial charge is 0.293 e. The van der Waals surface area contributed by atoms with E-state index in [4.69, 9.17) is 9.15 Å². The highest BCUT2D eigenvalue weighted by molar-refractivity contribution is 7.15. The van der Waals surface area contributed by atoms with Crippen LogP contribution in [0.15, 0.2) is 83.4 Å². The monoisotopic (exact) mass is 472 g/mol. The Hall–Kier alpha value is -3.97. The number of aryl methyl sites for hydroxylation is 1. The van der Waals surface area contributed by atoms with E-state index in [-0.39, 0.29) is 18.2 Å². The molecular weight excluding hydrogens is 451 g/mol. The summed E-state index contributed by atoms with van der Waals surface area (Å²) in [5.41, 5.74) is 2.86. The molecule has 170 valence electrons. The number of nitrogens with zero attached hydrogens (tertiary/aromatic N) is 1. The molecule has 2 heterocycles. The highest BCUT2D eigenvalue weighted by Gasteiger charge is 2.22. The standard InChI is InChI=1S/C27H21FN2O3S/c1-17-8-2-6-12-23(17)32-16-21-20-10-4-7-13-24(20)33-25(21)26(31)30-27-29-15-19(34-27)14-18-9-3-5-11-22(18)28/h2-13,15H,14,16H2,1H3,(H,29,30,31). The van der Waals surface area contributed by atoms with Gasteiger partial charge < -0.3 is 9.15 Å². The van der Waals surface area contributed by atoms with Crippen LogP contribution in [0.3, 0.4) is 0 Å². The number of amides is 1. The molecule has 0 aliphatic heterocycles. The minimum Gasteiger partial charge on any atom is -0.488 e. The van der Waals surface area contributed by atoms with Gasteiger partial charge in [0.2, 0.25) is 0 Å². The van der Waals surface area contributed by atoms with Crippen molar-refractivity contribution in [2.24, 2.45) is 0 Å². The van der Waals surface area contributed by atoms with Gasteiger partial charge in [0.05, 0.1) is 0 Å². The number of carbonyl (C=O) groups excluding carboxylic acids is 1. The van der Waals surface area contributed by atoms with Gasteiger partial charge in [-0.1, -0.05) is 54.6 Å². The lowest BCUT2D eigenvalue weighted by atomic mass is 10.1. The van der Waals surface area contributed by atoms with Crippen molar-refractivity contribution in [3.8, 4) is 5.75 Å². The van der Waals surface area contributed by atoms with Gasteiger partial charge in [-0.25, -0.2) is 9.37 Å². The van der Waals surface area contributed by atoms with Gasteiger partial charge in [-0.15, -0.1) is 11.3 Å². The summed E-state index contributed by atoms with van der Waals surface area (Å²) in [7, 11) is 0. The molecule has 0 aliphatic rings. The molecule has 3 aromatic carbocycles. The Morgan fingerprint density at radius 3 is 2.68 bits per heavy atom. The van der Waals surface area contributed by atoms with E-state index in [1.165, 1.54) is 17.4 Å². The minimum absolute atomic E-state index is 0.181. The first kappa shape index (κ1) is 21.9. The SMILES string of the molecule is Cc1ccccc1OCc1c(C(=O)Nc2ncc(Cc3ccccc3F)s2)oc2ccccc12. The summed E-state index contributed by atoms with van der Waals surface area (Å²) < 4.78 is 25.9. The van der Waals surface area contributed by atoms with Gasteiger partial charge in [0, 0.05) is 28.4 Å². The molecule has 0 atom stereocenters. The number of thiazole rings is 1. The number of hydrogen-bond acceptors (Lipinski definition) is 5. The van der Waals surface area contributed by atoms with Gasteiger partial charge >= 0.3 is 0 Å². The van der Waals surface area contributed by atoms with Gasteiger partial charge in [0.1, 0.15) is 23.8 Å². The molecule has 2 aromatic heterocycles. The fraction of sp³-hybridized carbons (Fsp3) is 0.111. The van der Waals surface area contributed by atoms with Gasteiger partial charge in [-0.3, -0.25) is 10.1 Å². The summed E-state index contributed by atoms with van der Waals surface area (Å²) in [5.74, 6) is 0.255. The molecule has 0 fully saturated rings. The van der Waals surface area contributed by atoms with E-state index in [2.05, 4.69) is 10.3 Å². The molecule has 1 amide bonds. The second kappa shape index (κ2) is 9.49. The van der Waals surface area contributed by atoms with Crippen molar-refractivity contribution in [1.29, 1.82) is 0 Å². The number of fused-ring (bicyclic) bond motifs is 1. The van der Waals surface area contributed by atoms with Gasteiger partial charge in [-0.05, 0) is 36.2 Å². The van der Waals surface area contributed by atoms with Crippen LogP contribution in [0.5, 0.6) is 5.75 Å². The number of halogens is 1. The van der Waals surface area contributed by atoms with Crippen molar-refractivity contribution < 1.29 is 18.3 Å². The quantitative estimate of drug-likeness (QED) is 0.284. The summed E-state index contributed by atoms with van der Waals surface area (Å²) >= 11 is 1.30. The van der Waals surface area contributed by atoms with Crippen molar-refractivity contribution >= 4 is 33.3 Å². The Bertz CT molecular complexity index is 1470. The molecule has 0 radical (unpaired) electrons. The Morgan fingerprint density at radius 2 is 1.82 bits per heavy atom. The number of nitrogens with one attached hydrogen (secondary N) is 1. The first-order chi connectivity index (χ1) is 16.6. The summed E-state index contributed by atoms with van der Waals surface area (Å²) in [6.45, 7) is 2.15. The highest BCUT2D eigenvalue weighted by Crippen LogP contribution is 2.30. The Morgan fingerprint density at radius 1 is 1.06 bits per heavy atom. The summed E-state index contributed by atoms with van der Waals surface area (Å²) in [6.07, 6.45) is 2.05. The van der Waals surface area contributed by atoms with E-state index in [9.17, 15) is 9.18 Å². The molecule has 5 aromatic rings. The zero-order chi connectivity index (χ0) is 23.5. The third-order valence-electron chi connectivity index (χ3n) is 5.47. The molecule has 0 saturated heterocycles. The summed E-state index contributed by atoms with van der Waals surface area (Å²) in [4.78, 5) is 18.3.